The summed E-state index contributed by atoms with van der Waals surface area (Å²) < 4.78 is 15.9. The zero-order valence-corrected chi connectivity index (χ0v) is 17.8. The number of esters is 2. The number of ketones is 2. The van der Waals surface area contributed by atoms with Crippen molar-refractivity contribution in [3.05, 3.63) is 72.8 Å². The molecule has 2 aromatic carbocycles. The summed E-state index contributed by atoms with van der Waals surface area (Å²) in [6.45, 7) is 3.92. The minimum absolute atomic E-state index is 0.204. The van der Waals surface area contributed by atoms with Crippen LogP contribution in [0.2, 0.25) is 0 Å². The van der Waals surface area contributed by atoms with E-state index in [4.69, 9.17) is 14.2 Å². The highest BCUT2D eigenvalue weighted by Gasteiger charge is 2.15. The average Bonchev–Trinajstić information content (AvgIpc) is 2.81. The normalized spacial score (nSPS) is 10.1. The van der Waals surface area contributed by atoms with Crippen LogP contribution in [0.25, 0.3) is 0 Å². The third-order valence-electron chi connectivity index (χ3n) is 4.38. The highest BCUT2D eigenvalue weighted by molar-refractivity contribution is 6.43. The van der Waals surface area contributed by atoms with Crippen molar-refractivity contribution < 1.29 is 33.4 Å². The summed E-state index contributed by atoms with van der Waals surface area (Å²) in [5.74, 6) is -1.59. The molecule has 0 fully saturated rings. The number of para-hydroxylation sites is 1. The number of rotatable bonds is 14. The molecule has 2 aromatic rings. The van der Waals surface area contributed by atoms with Crippen molar-refractivity contribution in [3.63, 3.8) is 0 Å². The van der Waals surface area contributed by atoms with Crippen molar-refractivity contribution in [1.82, 2.24) is 0 Å². The summed E-state index contributed by atoms with van der Waals surface area (Å²) in [7, 11) is 0. The van der Waals surface area contributed by atoms with Crippen LogP contribution in [-0.4, -0.2) is 36.7 Å². The number of carbonyl (C=O) groups excluding carboxylic acids is 4. The van der Waals surface area contributed by atoms with E-state index in [-0.39, 0.29) is 6.61 Å². The molecular weight excluding hydrogens is 412 g/mol. The van der Waals surface area contributed by atoms with Gasteiger partial charge in [0, 0.05) is 0 Å². The van der Waals surface area contributed by atoms with Crippen molar-refractivity contribution in [2.24, 2.45) is 0 Å². The number of hydrogen-bond donors (Lipinski definition) is 0. The summed E-state index contributed by atoms with van der Waals surface area (Å²) in [4.78, 5) is 45.9. The summed E-state index contributed by atoms with van der Waals surface area (Å²) in [6, 6.07) is 15.6. The van der Waals surface area contributed by atoms with Gasteiger partial charge in [0.15, 0.2) is 0 Å². The van der Waals surface area contributed by atoms with E-state index >= 15 is 0 Å². The maximum atomic E-state index is 12.1. The first-order valence-electron chi connectivity index (χ1n) is 10.3. The van der Waals surface area contributed by atoms with Crippen molar-refractivity contribution >= 4 is 23.5 Å². The molecule has 0 saturated carbocycles. The monoisotopic (exact) mass is 438 g/mol. The van der Waals surface area contributed by atoms with Crippen molar-refractivity contribution in [1.29, 1.82) is 0 Å². The van der Waals surface area contributed by atoms with Crippen LogP contribution in [0.1, 0.15) is 42.5 Å². The van der Waals surface area contributed by atoms with Gasteiger partial charge in [0.1, 0.15) is 17.9 Å². The van der Waals surface area contributed by atoms with Crippen LogP contribution >= 0.6 is 0 Å². The van der Waals surface area contributed by atoms with Crippen molar-refractivity contribution in [2.45, 2.75) is 32.1 Å². The molecule has 0 unspecified atom stereocenters. The number of carbonyl (C=O) groups is 4. The zero-order valence-electron chi connectivity index (χ0n) is 17.8. The average molecular weight is 438 g/mol. The Morgan fingerprint density at radius 2 is 1.44 bits per heavy atom. The van der Waals surface area contributed by atoms with Crippen LogP contribution in [-0.2, 0) is 19.1 Å². The van der Waals surface area contributed by atoms with Gasteiger partial charge in [-0.05, 0) is 68.2 Å². The second-order valence-electron chi connectivity index (χ2n) is 6.88. The van der Waals surface area contributed by atoms with Crippen LogP contribution < -0.4 is 9.47 Å². The lowest BCUT2D eigenvalue weighted by Crippen LogP contribution is -2.17. The lowest BCUT2D eigenvalue weighted by atomic mass is 10.2. The molecule has 168 valence electrons. The van der Waals surface area contributed by atoms with Gasteiger partial charge in [0.2, 0.25) is 11.6 Å². The van der Waals surface area contributed by atoms with Gasteiger partial charge in [-0.2, -0.15) is 0 Å². The number of benzene rings is 2. The molecule has 0 bridgehead atoms. The summed E-state index contributed by atoms with van der Waals surface area (Å²) >= 11 is 0. The van der Waals surface area contributed by atoms with Gasteiger partial charge in [0.05, 0.1) is 18.8 Å². The molecule has 0 aromatic heterocycles. The zero-order chi connectivity index (χ0) is 23.2. The molecule has 0 amide bonds. The maximum Gasteiger partial charge on any atom is 0.343 e. The molecule has 0 radical (unpaired) electrons. The first kappa shape index (κ1) is 24.5. The number of allylic oxidation sites excluding steroid dienone is 1. The SMILES string of the molecule is C=CC(=O)C(=O)CC(=O)OCCCCCCOc1ccc(C(=O)Oc2ccccc2)cc1. The highest BCUT2D eigenvalue weighted by Crippen LogP contribution is 2.16. The molecule has 0 aliphatic heterocycles. The summed E-state index contributed by atoms with van der Waals surface area (Å²) in [5.41, 5.74) is 0.436. The van der Waals surface area contributed by atoms with Crippen molar-refractivity contribution in [2.75, 3.05) is 13.2 Å². The predicted molar refractivity (Wildman–Crippen MR) is 118 cm³/mol. The molecule has 0 N–H and O–H groups in total. The van der Waals surface area contributed by atoms with E-state index in [1.54, 1.807) is 48.5 Å². The van der Waals surface area contributed by atoms with E-state index in [1.807, 2.05) is 6.07 Å². The van der Waals surface area contributed by atoms with Gasteiger partial charge < -0.3 is 14.2 Å². The molecule has 7 nitrogen and oxygen atoms in total. The number of ether oxygens (including phenoxy) is 3. The van der Waals surface area contributed by atoms with Gasteiger partial charge in [0.25, 0.3) is 0 Å². The molecule has 0 heterocycles. The third kappa shape index (κ3) is 8.95. The first-order chi connectivity index (χ1) is 15.5. The summed E-state index contributed by atoms with van der Waals surface area (Å²) in [5, 5.41) is 0. The Bertz CT molecular complexity index is 917. The van der Waals surface area contributed by atoms with Crippen LogP contribution in [0, 0.1) is 0 Å². The van der Waals surface area contributed by atoms with Crippen LogP contribution in [0.4, 0.5) is 0 Å². The quantitative estimate of drug-likeness (QED) is 0.109. The molecule has 0 spiro atoms. The van der Waals surface area contributed by atoms with Gasteiger partial charge in [-0.25, -0.2) is 4.79 Å². The fourth-order valence-corrected chi connectivity index (χ4v) is 2.66. The molecular formula is C25H26O7. The van der Waals surface area contributed by atoms with E-state index in [1.165, 1.54) is 0 Å². The molecule has 0 aliphatic carbocycles. The van der Waals surface area contributed by atoms with Crippen LogP contribution in [0.15, 0.2) is 67.3 Å². The molecule has 0 atom stereocenters. The van der Waals surface area contributed by atoms with Crippen LogP contribution in [0.3, 0.4) is 0 Å². The van der Waals surface area contributed by atoms with Gasteiger partial charge >= 0.3 is 11.9 Å². The Balaban J connectivity index is 1.55. The fraction of sp³-hybridized carbons (Fsp3) is 0.280. The first-order valence-corrected chi connectivity index (χ1v) is 10.3. The van der Waals surface area contributed by atoms with E-state index in [9.17, 15) is 19.2 Å². The Kier molecular flexibility index (Phi) is 10.4. The van der Waals surface area contributed by atoms with Gasteiger partial charge in [-0.3, -0.25) is 14.4 Å². The van der Waals surface area contributed by atoms with E-state index in [0.29, 0.717) is 30.1 Å². The number of hydrogen-bond acceptors (Lipinski definition) is 7. The largest absolute Gasteiger partial charge is 0.494 e. The maximum absolute atomic E-state index is 12.1. The minimum Gasteiger partial charge on any atom is -0.494 e. The Labute approximate surface area is 187 Å². The second-order valence-corrected chi connectivity index (χ2v) is 6.88. The van der Waals surface area contributed by atoms with Crippen LogP contribution in [0.5, 0.6) is 11.5 Å². The van der Waals surface area contributed by atoms with Gasteiger partial charge in [-0.15, -0.1) is 0 Å². The van der Waals surface area contributed by atoms with Gasteiger partial charge in [-0.1, -0.05) is 24.8 Å². The van der Waals surface area contributed by atoms with E-state index in [2.05, 4.69) is 6.58 Å². The Hall–Kier alpha value is -3.74. The smallest absolute Gasteiger partial charge is 0.343 e. The minimum atomic E-state index is -0.816. The third-order valence-corrected chi connectivity index (χ3v) is 4.38. The molecule has 7 heteroatoms. The van der Waals surface area contributed by atoms with E-state index < -0.39 is 29.9 Å². The number of Topliss-reactive ketones (excluding diaryl/α,β-unsaturated/α-hetero) is 1. The predicted octanol–water partition coefficient (Wildman–Crippen LogP) is 4.10. The second kappa shape index (κ2) is 13.5. The Morgan fingerprint density at radius 1 is 0.781 bits per heavy atom. The molecule has 2 rings (SSSR count). The standard InChI is InChI=1S/C25H26O7/c1-2-22(26)23(27)18-24(28)31-17-9-4-3-8-16-30-20-14-12-19(13-15-20)25(29)32-21-10-6-5-7-11-21/h2,5-7,10-15H,1,3-4,8-9,16-18H2. The summed E-state index contributed by atoms with van der Waals surface area (Å²) in [6.07, 6.45) is 3.52. The van der Waals surface area contributed by atoms with E-state index in [0.717, 1.165) is 25.3 Å². The topological polar surface area (TPSA) is 96.0 Å². The fourth-order valence-electron chi connectivity index (χ4n) is 2.66. The molecule has 32 heavy (non-hydrogen) atoms. The molecule has 0 saturated heterocycles. The highest BCUT2D eigenvalue weighted by atomic mass is 16.5. The van der Waals surface area contributed by atoms with Crippen molar-refractivity contribution in [3.8, 4) is 11.5 Å². The lowest BCUT2D eigenvalue weighted by molar-refractivity contribution is -0.148. The lowest BCUT2D eigenvalue weighted by Gasteiger charge is -2.08. The number of unbranched alkanes of at least 4 members (excludes halogenated alkanes) is 3. The molecule has 0 aliphatic rings. The Morgan fingerprint density at radius 3 is 2.09 bits per heavy atom.